The first-order chi connectivity index (χ1) is 5.22. The maximum absolute atomic E-state index is 11.9. The van der Waals surface area contributed by atoms with Gasteiger partial charge in [-0.3, -0.25) is 4.90 Å². The fourth-order valence-corrected chi connectivity index (χ4v) is 1.59. The molecule has 0 bridgehead atoms. The van der Waals surface area contributed by atoms with Gasteiger partial charge < -0.3 is 4.74 Å². The quantitative estimate of drug-likeness (QED) is 0.600. The van der Waals surface area contributed by atoms with Gasteiger partial charge in [0.15, 0.2) is 0 Å². The highest BCUT2D eigenvalue weighted by atomic mass is 19.1. The van der Waals surface area contributed by atoms with Crippen molar-refractivity contribution in [1.82, 2.24) is 4.90 Å². The van der Waals surface area contributed by atoms with Gasteiger partial charge in [-0.05, 0) is 13.8 Å². The Morgan fingerprint density at radius 1 is 1.36 bits per heavy atom. The van der Waals surface area contributed by atoms with Crippen molar-refractivity contribution in [3.05, 3.63) is 0 Å². The summed E-state index contributed by atoms with van der Waals surface area (Å²) in [6, 6.07) is 0. The molecule has 1 saturated heterocycles. The molecule has 0 unspecified atom stereocenters. The Kier molecular flexibility index (Phi) is 3.27. The molecule has 0 aromatic heterocycles. The third-order valence-corrected chi connectivity index (χ3v) is 1.90. The number of alkyl halides is 1. The van der Waals surface area contributed by atoms with Gasteiger partial charge in [-0.1, -0.05) is 0 Å². The molecule has 2 nitrogen and oxygen atoms in total. The van der Waals surface area contributed by atoms with Crippen molar-refractivity contribution in [3.8, 4) is 0 Å². The molecule has 0 amide bonds. The lowest BCUT2D eigenvalue weighted by molar-refractivity contribution is -0.0687. The predicted octanol–water partition coefficient (Wildman–Crippen LogP) is 1.07. The fourth-order valence-electron chi connectivity index (χ4n) is 1.59. The van der Waals surface area contributed by atoms with Crippen molar-refractivity contribution in [1.29, 1.82) is 0 Å². The zero-order chi connectivity index (χ0) is 8.27. The van der Waals surface area contributed by atoms with Crippen LogP contribution in [-0.4, -0.2) is 43.4 Å². The van der Waals surface area contributed by atoms with E-state index in [2.05, 4.69) is 4.90 Å². The first-order valence-electron chi connectivity index (χ1n) is 4.16. The summed E-state index contributed by atoms with van der Waals surface area (Å²) in [5.74, 6) is 0. The summed E-state index contributed by atoms with van der Waals surface area (Å²) in [5, 5.41) is 0. The summed E-state index contributed by atoms with van der Waals surface area (Å²) < 4.78 is 17.4. The van der Waals surface area contributed by atoms with Gasteiger partial charge in [-0.25, -0.2) is 4.39 Å². The largest absolute Gasteiger partial charge is 0.373 e. The second-order valence-corrected chi connectivity index (χ2v) is 3.21. The van der Waals surface area contributed by atoms with Crippen LogP contribution in [0.1, 0.15) is 13.8 Å². The van der Waals surface area contributed by atoms with E-state index in [0.717, 1.165) is 13.1 Å². The molecule has 1 aliphatic heterocycles. The van der Waals surface area contributed by atoms with Crippen molar-refractivity contribution in [2.75, 3.05) is 26.3 Å². The van der Waals surface area contributed by atoms with Crippen LogP contribution in [0.25, 0.3) is 0 Å². The maximum Gasteiger partial charge on any atom is 0.102 e. The van der Waals surface area contributed by atoms with E-state index < -0.39 is 0 Å². The molecule has 1 aliphatic rings. The van der Waals surface area contributed by atoms with Gasteiger partial charge in [0.05, 0.1) is 12.2 Å². The van der Waals surface area contributed by atoms with Crippen molar-refractivity contribution in [3.63, 3.8) is 0 Å². The first kappa shape index (κ1) is 8.94. The van der Waals surface area contributed by atoms with Gasteiger partial charge in [0.2, 0.25) is 0 Å². The molecule has 0 radical (unpaired) electrons. The minimum atomic E-state index is -0.251. The van der Waals surface area contributed by atoms with E-state index in [0.29, 0.717) is 6.54 Å². The summed E-state index contributed by atoms with van der Waals surface area (Å²) in [6.07, 6.45) is 0.510. The van der Waals surface area contributed by atoms with Gasteiger partial charge in [-0.2, -0.15) is 0 Å². The molecular weight excluding hydrogens is 145 g/mol. The van der Waals surface area contributed by atoms with Crippen LogP contribution in [-0.2, 0) is 4.74 Å². The summed E-state index contributed by atoms with van der Waals surface area (Å²) in [7, 11) is 0. The number of nitrogens with zero attached hydrogens (tertiary/aromatic N) is 1. The van der Waals surface area contributed by atoms with Crippen molar-refractivity contribution in [2.24, 2.45) is 0 Å². The van der Waals surface area contributed by atoms with Crippen molar-refractivity contribution in [2.45, 2.75) is 26.1 Å². The molecule has 0 saturated carbocycles. The van der Waals surface area contributed by atoms with Gasteiger partial charge in [0.25, 0.3) is 0 Å². The van der Waals surface area contributed by atoms with Crippen molar-refractivity contribution >= 4 is 0 Å². The highest BCUT2D eigenvalue weighted by Crippen LogP contribution is 2.09. The standard InChI is InChI=1S/C8H16FNO/c1-7-5-10(4-3-9)6-8(2)11-7/h7-8H,3-6H2,1-2H3/t7-,8+. The van der Waals surface area contributed by atoms with E-state index in [1.54, 1.807) is 0 Å². The fraction of sp³-hybridized carbons (Fsp3) is 1.00. The van der Waals surface area contributed by atoms with E-state index in [9.17, 15) is 4.39 Å². The zero-order valence-corrected chi connectivity index (χ0v) is 7.22. The van der Waals surface area contributed by atoms with Crippen molar-refractivity contribution < 1.29 is 9.13 Å². The van der Waals surface area contributed by atoms with Crippen LogP contribution in [0.3, 0.4) is 0 Å². The van der Waals surface area contributed by atoms with E-state index >= 15 is 0 Å². The van der Waals surface area contributed by atoms with Crippen LogP contribution in [0.2, 0.25) is 0 Å². The van der Waals surface area contributed by atoms with Gasteiger partial charge in [0.1, 0.15) is 6.67 Å². The van der Waals surface area contributed by atoms with E-state index in [1.165, 1.54) is 0 Å². The van der Waals surface area contributed by atoms with Gasteiger partial charge >= 0.3 is 0 Å². The molecule has 0 aliphatic carbocycles. The molecule has 0 aromatic rings. The molecular formula is C8H16FNO. The molecule has 66 valence electrons. The lowest BCUT2D eigenvalue weighted by Crippen LogP contribution is -2.46. The van der Waals surface area contributed by atoms with Gasteiger partial charge in [0, 0.05) is 19.6 Å². The average Bonchev–Trinajstić information content (AvgIpc) is 1.85. The molecule has 1 heterocycles. The third kappa shape index (κ3) is 2.75. The van der Waals surface area contributed by atoms with Crippen LogP contribution < -0.4 is 0 Å². The van der Waals surface area contributed by atoms with Crippen LogP contribution in [0, 0.1) is 0 Å². The average molecular weight is 161 g/mol. The summed E-state index contributed by atoms with van der Waals surface area (Å²) in [4.78, 5) is 2.11. The van der Waals surface area contributed by atoms with Crippen LogP contribution in [0.4, 0.5) is 4.39 Å². The number of rotatable bonds is 2. The number of hydrogen-bond acceptors (Lipinski definition) is 2. The second-order valence-electron chi connectivity index (χ2n) is 3.21. The highest BCUT2D eigenvalue weighted by Gasteiger charge is 2.21. The highest BCUT2D eigenvalue weighted by molar-refractivity contribution is 4.72. The van der Waals surface area contributed by atoms with E-state index in [1.807, 2.05) is 13.8 Å². The molecule has 0 N–H and O–H groups in total. The second kappa shape index (κ2) is 4.02. The normalized spacial score (nSPS) is 34.1. The molecule has 1 rings (SSSR count). The minimum Gasteiger partial charge on any atom is -0.373 e. The Balaban J connectivity index is 2.30. The maximum atomic E-state index is 11.9. The molecule has 0 spiro atoms. The van der Waals surface area contributed by atoms with Crippen LogP contribution >= 0.6 is 0 Å². The van der Waals surface area contributed by atoms with E-state index in [-0.39, 0.29) is 18.9 Å². The topological polar surface area (TPSA) is 12.5 Å². The Morgan fingerprint density at radius 3 is 2.36 bits per heavy atom. The first-order valence-corrected chi connectivity index (χ1v) is 4.16. The molecule has 11 heavy (non-hydrogen) atoms. The summed E-state index contributed by atoms with van der Waals surface area (Å²) in [5.41, 5.74) is 0. The Hall–Kier alpha value is -0.150. The Morgan fingerprint density at radius 2 is 1.91 bits per heavy atom. The molecule has 3 heteroatoms. The monoisotopic (exact) mass is 161 g/mol. The Bertz CT molecular complexity index is 111. The molecule has 2 atom stereocenters. The van der Waals surface area contributed by atoms with Gasteiger partial charge in [-0.15, -0.1) is 0 Å². The molecule has 0 aromatic carbocycles. The number of halogens is 1. The van der Waals surface area contributed by atoms with E-state index in [4.69, 9.17) is 4.74 Å². The third-order valence-electron chi connectivity index (χ3n) is 1.90. The number of ether oxygens (including phenoxy) is 1. The summed E-state index contributed by atoms with van der Waals surface area (Å²) in [6.45, 7) is 6.10. The minimum absolute atomic E-state index is 0.251. The number of hydrogen-bond donors (Lipinski definition) is 0. The number of morpholine rings is 1. The molecule has 1 fully saturated rings. The summed E-state index contributed by atoms with van der Waals surface area (Å²) >= 11 is 0. The zero-order valence-electron chi connectivity index (χ0n) is 7.22. The SMILES string of the molecule is C[C@@H]1CN(CCF)C[C@H](C)O1. The lowest BCUT2D eigenvalue weighted by atomic mass is 10.2. The van der Waals surface area contributed by atoms with Crippen LogP contribution in [0.5, 0.6) is 0 Å². The van der Waals surface area contributed by atoms with Crippen LogP contribution in [0.15, 0.2) is 0 Å². The predicted molar refractivity (Wildman–Crippen MR) is 42.4 cm³/mol. The Labute approximate surface area is 67.3 Å². The lowest BCUT2D eigenvalue weighted by Gasteiger charge is -2.34. The smallest absolute Gasteiger partial charge is 0.102 e.